The van der Waals surface area contributed by atoms with Crippen LogP contribution in [-0.4, -0.2) is 57.2 Å². The van der Waals surface area contributed by atoms with Crippen LogP contribution in [0.3, 0.4) is 0 Å². The van der Waals surface area contributed by atoms with Gasteiger partial charge in [0, 0.05) is 25.4 Å². The predicted octanol–water partition coefficient (Wildman–Crippen LogP) is 6.20. The minimum atomic E-state index is -3.29. The molecule has 3 heterocycles. The second kappa shape index (κ2) is 13.5. The van der Waals surface area contributed by atoms with Crippen molar-refractivity contribution in [3.63, 3.8) is 0 Å². The number of nitrogens with zero attached hydrogens (tertiary/aromatic N) is 4. The Bertz CT molecular complexity index is 1490. The third kappa shape index (κ3) is 7.04. The Morgan fingerprint density at radius 2 is 1.79 bits per heavy atom. The Labute approximate surface area is 250 Å². The summed E-state index contributed by atoms with van der Waals surface area (Å²) in [4.78, 5) is 28.0. The number of nitrogens with one attached hydrogen (secondary N) is 2. The highest BCUT2D eigenvalue weighted by Gasteiger charge is 2.33. The van der Waals surface area contributed by atoms with E-state index in [-0.39, 0.29) is 54.6 Å². The summed E-state index contributed by atoms with van der Waals surface area (Å²) in [6, 6.07) is 7.35. The Kier molecular flexibility index (Phi) is 9.71. The maximum absolute atomic E-state index is 14.0. The van der Waals surface area contributed by atoms with Crippen molar-refractivity contribution in [3.05, 3.63) is 64.6 Å². The molecule has 0 unspecified atom stereocenters. The molecule has 1 aromatic carbocycles. The van der Waals surface area contributed by atoms with Crippen molar-refractivity contribution in [1.82, 2.24) is 19.9 Å². The van der Waals surface area contributed by atoms with Crippen LogP contribution in [0.4, 0.5) is 27.5 Å². The van der Waals surface area contributed by atoms with Gasteiger partial charge in [0.05, 0.1) is 54.3 Å². The van der Waals surface area contributed by atoms with Crippen LogP contribution < -0.4 is 10.6 Å². The number of carbonyl (C=O) groups excluding carboxylic acids is 1. The van der Waals surface area contributed by atoms with Crippen LogP contribution in [0.15, 0.2) is 36.7 Å². The molecule has 3 N–H and O–H groups in total. The van der Waals surface area contributed by atoms with Gasteiger partial charge in [-0.1, -0.05) is 6.07 Å². The number of amides is 1. The highest BCUT2D eigenvalue weighted by atomic mass is 31.2. The number of rotatable bonds is 12. The van der Waals surface area contributed by atoms with E-state index in [2.05, 4.69) is 25.6 Å². The standard InChI is InChI=1S/C30H38FN6O5P/c1-4-41-43(40,42-5-2)18-22-9-8-21(16-32-22)34-30-33-15-20(14-31)28(36-30)35-26-13-12-24(19-6-10-23(38)11-7-19)25-17-37(3)29(39)27(25)26/h8-9,12-13,15-16,19,23,38H,4-7,10-11,14,17-18H2,1-3H3,(H2,33,34,35,36). The molecule has 0 bridgehead atoms. The van der Waals surface area contributed by atoms with Gasteiger partial charge in [-0.15, -0.1) is 0 Å². The molecule has 5 rings (SSSR count). The van der Waals surface area contributed by atoms with Gasteiger partial charge in [-0.3, -0.25) is 14.3 Å². The van der Waals surface area contributed by atoms with E-state index < -0.39 is 14.3 Å². The van der Waals surface area contributed by atoms with E-state index in [0.29, 0.717) is 29.2 Å². The molecule has 13 heteroatoms. The van der Waals surface area contributed by atoms with Crippen molar-refractivity contribution >= 4 is 36.6 Å². The first-order valence-corrected chi connectivity index (χ1v) is 16.3. The number of carbonyl (C=O) groups is 1. The number of hydrogen-bond donors (Lipinski definition) is 3. The lowest BCUT2D eigenvalue weighted by Gasteiger charge is -2.27. The number of aliphatic hydroxyl groups excluding tert-OH is 1. The Hall–Kier alpha value is -3.44. The number of pyridine rings is 1. The van der Waals surface area contributed by atoms with Gasteiger partial charge < -0.3 is 29.7 Å². The van der Waals surface area contributed by atoms with Crippen molar-refractivity contribution < 1.29 is 27.9 Å². The molecule has 0 saturated heterocycles. The second-order valence-corrected chi connectivity index (χ2v) is 12.9. The van der Waals surface area contributed by atoms with Crippen LogP contribution in [0, 0.1) is 0 Å². The second-order valence-electron chi connectivity index (χ2n) is 10.8. The van der Waals surface area contributed by atoms with Gasteiger partial charge >= 0.3 is 7.60 Å². The van der Waals surface area contributed by atoms with E-state index in [1.807, 2.05) is 12.1 Å². The molecule has 0 spiro atoms. The summed E-state index contributed by atoms with van der Waals surface area (Å²) in [7, 11) is -1.52. The molecule has 43 heavy (non-hydrogen) atoms. The van der Waals surface area contributed by atoms with Crippen LogP contribution in [-0.2, 0) is 33.0 Å². The molecule has 0 radical (unpaired) electrons. The number of aliphatic hydroxyl groups is 1. The van der Waals surface area contributed by atoms with Crippen molar-refractivity contribution in [2.75, 3.05) is 30.9 Å². The summed E-state index contributed by atoms with van der Waals surface area (Å²) in [5, 5.41) is 16.2. The molecule has 3 aromatic rings. The van der Waals surface area contributed by atoms with E-state index in [9.17, 15) is 18.9 Å². The van der Waals surface area contributed by atoms with Crippen LogP contribution in [0.5, 0.6) is 0 Å². The molecule has 1 aliphatic carbocycles. The first kappa shape index (κ1) is 31.0. The summed E-state index contributed by atoms with van der Waals surface area (Å²) in [6.07, 6.45) is 5.99. The van der Waals surface area contributed by atoms with E-state index >= 15 is 0 Å². The largest absolute Gasteiger partial charge is 0.393 e. The summed E-state index contributed by atoms with van der Waals surface area (Å²) in [5.41, 5.74) is 4.60. The minimum absolute atomic E-state index is 0.0461. The number of alkyl halides is 1. The number of aromatic nitrogens is 3. The fraction of sp³-hybridized carbons (Fsp3) is 0.467. The molecule has 1 saturated carbocycles. The van der Waals surface area contributed by atoms with Gasteiger partial charge in [0.2, 0.25) is 5.95 Å². The number of benzene rings is 1. The van der Waals surface area contributed by atoms with Crippen LogP contribution >= 0.6 is 7.60 Å². The molecule has 1 amide bonds. The fourth-order valence-corrected chi connectivity index (χ4v) is 7.32. The minimum Gasteiger partial charge on any atom is -0.393 e. The SMILES string of the molecule is CCOP(=O)(Cc1ccc(Nc2ncc(CF)c(Nc3ccc(C4CCC(O)CC4)c4c3C(=O)N(C)C4)n2)cn1)OCC. The molecule has 1 aliphatic heterocycles. The highest BCUT2D eigenvalue weighted by molar-refractivity contribution is 7.53. The van der Waals surface area contributed by atoms with Gasteiger partial charge in [-0.25, -0.2) is 9.37 Å². The summed E-state index contributed by atoms with van der Waals surface area (Å²) >= 11 is 0. The summed E-state index contributed by atoms with van der Waals surface area (Å²) in [5.74, 6) is 0.638. The number of halogens is 1. The number of fused-ring (bicyclic) bond motifs is 1. The lowest BCUT2D eigenvalue weighted by Crippen LogP contribution is -2.18. The van der Waals surface area contributed by atoms with Crippen molar-refractivity contribution in [1.29, 1.82) is 0 Å². The maximum atomic E-state index is 14.0. The molecule has 230 valence electrons. The van der Waals surface area contributed by atoms with Crippen molar-refractivity contribution in [2.45, 2.75) is 70.9 Å². The zero-order valence-corrected chi connectivity index (χ0v) is 25.6. The molecule has 1 fully saturated rings. The van der Waals surface area contributed by atoms with Gasteiger partial charge in [-0.05, 0) is 74.8 Å². The molecule has 0 atom stereocenters. The lowest BCUT2D eigenvalue weighted by molar-refractivity contribution is 0.0817. The van der Waals surface area contributed by atoms with Gasteiger partial charge in [0.15, 0.2) is 0 Å². The molecular formula is C30H38FN6O5P. The molecule has 2 aliphatic rings. The van der Waals surface area contributed by atoms with Crippen LogP contribution in [0.1, 0.15) is 78.2 Å². The first-order valence-electron chi connectivity index (χ1n) is 14.6. The Balaban J connectivity index is 1.36. The van der Waals surface area contributed by atoms with E-state index in [1.165, 1.54) is 6.20 Å². The third-order valence-corrected chi connectivity index (χ3v) is 9.81. The zero-order valence-electron chi connectivity index (χ0n) is 24.7. The molecular weight excluding hydrogens is 574 g/mol. The first-order chi connectivity index (χ1) is 20.7. The smallest absolute Gasteiger partial charge is 0.336 e. The van der Waals surface area contributed by atoms with Crippen molar-refractivity contribution in [3.8, 4) is 0 Å². The third-order valence-electron chi connectivity index (χ3n) is 7.79. The Morgan fingerprint density at radius 1 is 1.05 bits per heavy atom. The molecule has 11 nitrogen and oxygen atoms in total. The fourth-order valence-electron chi connectivity index (χ4n) is 5.69. The predicted molar refractivity (Wildman–Crippen MR) is 162 cm³/mol. The summed E-state index contributed by atoms with van der Waals surface area (Å²) < 4.78 is 37.5. The van der Waals surface area contributed by atoms with Crippen LogP contribution in [0.2, 0.25) is 0 Å². The maximum Gasteiger partial charge on any atom is 0.336 e. The van der Waals surface area contributed by atoms with Gasteiger partial charge in [-0.2, -0.15) is 4.98 Å². The lowest BCUT2D eigenvalue weighted by atomic mass is 9.80. The van der Waals surface area contributed by atoms with E-state index in [0.717, 1.165) is 36.8 Å². The highest BCUT2D eigenvalue weighted by Crippen LogP contribution is 2.51. The quantitative estimate of drug-likeness (QED) is 0.203. The van der Waals surface area contributed by atoms with E-state index in [1.54, 1.807) is 44.1 Å². The summed E-state index contributed by atoms with van der Waals surface area (Å²) in [6.45, 7) is 3.75. The number of hydrogen-bond acceptors (Lipinski definition) is 10. The number of anilines is 4. The average molecular weight is 613 g/mol. The van der Waals surface area contributed by atoms with Gasteiger partial charge in [0.25, 0.3) is 5.91 Å². The topological polar surface area (TPSA) is 139 Å². The zero-order chi connectivity index (χ0) is 30.6. The van der Waals surface area contributed by atoms with E-state index in [4.69, 9.17) is 9.05 Å². The average Bonchev–Trinajstić information content (AvgIpc) is 3.29. The van der Waals surface area contributed by atoms with Gasteiger partial charge in [0.1, 0.15) is 12.5 Å². The molecule has 2 aromatic heterocycles. The van der Waals surface area contributed by atoms with Crippen molar-refractivity contribution in [2.24, 2.45) is 0 Å². The monoisotopic (exact) mass is 612 g/mol. The van der Waals surface area contributed by atoms with Crippen LogP contribution in [0.25, 0.3) is 0 Å². The Morgan fingerprint density at radius 3 is 2.44 bits per heavy atom. The normalized spacial score (nSPS) is 18.5.